The third kappa shape index (κ3) is 43.8. The number of carbonyl (C=O) groups excluding carboxylic acids is 3. The Morgan fingerprint density at radius 1 is 0.351 bits per heavy atom. The summed E-state index contributed by atoms with van der Waals surface area (Å²) in [6, 6.07) is 0. The lowest BCUT2D eigenvalue weighted by Crippen LogP contribution is -2.30. The summed E-state index contributed by atoms with van der Waals surface area (Å²) in [6.45, 7) is 9.02. The van der Waals surface area contributed by atoms with Gasteiger partial charge in [-0.1, -0.05) is 246 Å². The number of ether oxygens (including phenoxy) is 3. The van der Waals surface area contributed by atoms with Gasteiger partial charge in [0.25, 0.3) is 0 Å². The van der Waals surface area contributed by atoms with Crippen LogP contribution in [0.4, 0.5) is 0 Å². The number of carbonyl (C=O) groups is 3. The van der Waals surface area contributed by atoms with E-state index in [0.29, 0.717) is 19.3 Å². The summed E-state index contributed by atoms with van der Waals surface area (Å²) in [5.74, 6) is 0.000833. The highest BCUT2D eigenvalue weighted by Gasteiger charge is 2.19. The van der Waals surface area contributed by atoms with E-state index in [9.17, 15) is 14.4 Å². The first kappa shape index (κ1) is 55.4. The van der Waals surface area contributed by atoms with Crippen molar-refractivity contribution in [3.63, 3.8) is 0 Å². The number of unbranched alkanes of at least 4 members (excludes halogenated alkanes) is 32. The molecule has 0 saturated carbocycles. The summed E-state index contributed by atoms with van der Waals surface area (Å²) >= 11 is 0. The van der Waals surface area contributed by atoms with Crippen LogP contribution in [-0.2, 0) is 28.6 Å². The molecule has 0 aromatic heterocycles. The van der Waals surface area contributed by atoms with Gasteiger partial charge in [-0.3, -0.25) is 14.4 Å². The average molecular weight is 807 g/mol. The molecule has 0 aromatic carbocycles. The average Bonchev–Trinajstić information content (AvgIpc) is 3.21. The van der Waals surface area contributed by atoms with Crippen molar-refractivity contribution in [1.29, 1.82) is 0 Å². The van der Waals surface area contributed by atoms with Crippen LogP contribution in [0.25, 0.3) is 0 Å². The molecule has 6 heteroatoms. The molecule has 0 N–H and O–H groups in total. The quantitative estimate of drug-likeness (QED) is 0.0346. The Kier molecular flexibility index (Phi) is 44.2. The van der Waals surface area contributed by atoms with Gasteiger partial charge in [0.1, 0.15) is 13.2 Å². The molecule has 2 atom stereocenters. The van der Waals surface area contributed by atoms with Crippen LogP contribution in [0.3, 0.4) is 0 Å². The lowest BCUT2D eigenvalue weighted by atomic mass is 9.99. The van der Waals surface area contributed by atoms with Crippen LogP contribution >= 0.6 is 0 Å². The molecule has 0 amide bonds. The van der Waals surface area contributed by atoms with E-state index in [0.717, 1.165) is 63.7 Å². The molecule has 338 valence electrons. The number of rotatable bonds is 46. The van der Waals surface area contributed by atoms with Gasteiger partial charge in [0.2, 0.25) is 0 Å². The summed E-state index contributed by atoms with van der Waals surface area (Å²) < 4.78 is 16.8. The molecule has 0 aromatic rings. The maximum atomic E-state index is 12.7. The van der Waals surface area contributed by atoms with Crippen molar-refractivity contribution in [3.05, 3.63) is 0 Å². The standard InChI is InChI=1S/C51H98O6/c1-5-8-10-12-14-16-18-20-21-22-24-25-30-34-38-42-49(52)55-45-48(57-51(54)44-40-36-32-26-23-19-17-15-13-11-9-6-2)46-56-50(53)43-39-35-31-28-27-29-33-37-41-47(4)7-3/h47-48H,5-46H2,1-4H3/t47?,48-/m1/s1. The second-order valence-corrected chi connectivity index (χ2v) is 17.7. The molecule has 0 aliphatic heterocycles. The zero-order valence-corrected chi connectivity index (χ0v) is 38.8. The van der Waals surface area contributed by atoms with Gasteiger partial charge >= 0.3 is 17.9 Å². The van der Waals surface area contributed by atoms with E-state index in [1.807, 2.05) is 0 Å². The molecule has 0 spiro atoms. The van der Waals surface area contributed by atoms with E-state index in [2.05, 4.69) is 27.7 Å². The van der Waals surface area contributed by atoms with Gasteiger partial charge in [-0.05, 0) is 25.2 Å². The van der Waals surface area contributed by atoms with E-state index in [4.69, 9.17) is 14.2 Å². The first-order valence-electron chi connectivity index (χ1n) is 25.4. The second-order valence-electron chi connectivity index (χ2n) is 17.7. The molecule has 0 radical (unpaired) electrons. The van der Waals surface area contributed by atoms with Crippen LogP contribution in [0.15, 0.2) is 0 Å². The van der Waals surface area contributed by atoms with E-state index in [1.54, 1.807) is 0 Å². The SMILES string of the molecule is CCCCCCCCCCCCCCCCCC(=O)OC[C@H](COC(=O)CCCCCCCCCCC(C)CC)OC(=O)CCCCCCCCCCCCCC. The Morgan fingerprint density at radius 3 is 0.912 bits per heavy atom. The third-order valence-electron chi connectivity index (χ3n) is 11.9. The molecule has 0 bridgehead atoms. The topological polar surface area (TPSA) is 78.9 Å². The molecule has 0 rings (SSSR count). The van der Waals surface area contributed by atoms with Gasteiger partial charge in [0, 0.05) is 19.3 Å². The highest BCUT2D eigenvalue weighted by molar-refractivity contribution is 5.71. The van der Waals surface area contributed by atoms with Gasteiger partial charge < -0.3 is 14.2 Å². The Labute approximate surface area is 355 Å². The monoisotopic (exact) mass is 807 g/mol. The molecule has 0 aliphatic rings. The Balaban J connectivity index is 4.31. The molecule has 0 fully saturated rings. The fourth-order valence-electron chi connectivity index (χ4n) is 7.66. The van der Waals surface area contributed by atoms with E-state index in [-0.39, 0.29) is 31.1 Å². The predicted octanol–water partition coefficient (Wildman–Crippen LogP) is 16.3. The number of hydrogen-bond acceptors (Lipinski definition) is 6. The van der Waals surface area contributed by atoms with Crippen molar-refractivity contribution in [2.45, 2.75) is 291 Å². The maximum Gasteiger partial charge on any atom is 0.306 e. The number of esters is 3. The van der Waals surface area contributed by atoms with Crippen LogP contribution in [0.1, 0.15) is 285 Å². The smallest absolute Gasteiger partial charge is 0.306 e. The minimum Gasteiger partial charge on any atom is -0.462 e. The van der Waals surface area contributed by atoms with Crippen LogP contribution in [0.2, 0.25) is 0 Å². The van der Waals surface area contributed by atoms with Gasteiger partial charge in [0.05, 0.1) is 0 Å². The Hall–Kier alpha value is -1.59. The minimum atomic E-state index is -0.760. The first-order chi connectivity index (χ1) is 27.9. The maximum absolute atomic E-state index is 12.7. The molecular formula is C51H98O6. The Morgan fingerprint density at radius 2 is 0.614 bits per heavy atom. The third-order valence-corrected chi connectivity index (χ3v) is 11.9. The molecule has 57 heavy (non-hydrogen) atoms. The molecule has 0 saturated heterocycles. The summed E-state index contributed by atoms with van der Waals surface area (Å²) in [6.07, 6.45) is 46.5. The van der Waals surface area contributed by atoms with Crippen LogP contribution < -0.4 is 0 Å². The molecule has 0 aliphatic carbocycles. The van der Waals surface area contributed by atoms with Gasteiger partial charge in [-0.25, -0.2) is 0 Å². The second kappa shape index (κ2) is 45.5. The zero-order valence-electron chi connectivity index (χ0n) is 38.8. The van der Waals surface area contributed by atoms with Gasteiger partial charge in [-0.2, -0.15) is 0 Å². The van der Waals surface area contributed by atoms with Crippen molar-refractivity contribution in [2.75, 3.05) is 13.2 Å². The Bertz CT molecular complexity index is 859. The van der Waals surface area contributed by atoms with Crippen molar-refractivity contribution < 1.29 is 28.6 Å². The highest BCUT2D eigenvalue weighted by Crippen LogP contribution is 2.17. The van der Waals surface area contributed by atoms with E-state index in [1.165, 1.54) is 180 Å². The summed E-state index contributed by atoms with van der Waals surface area (Å²) in [5.41, 5.74) is 0. The number of hydrogen-bond donors (Lipinski definition) is 0. The van der Waals surface area contributed by atoms with Crippen molar-refractivity contribution in [1.82, 2.24) is 0 Å². The van der Waals surface area contributed by atoms with E-state index < -0.39 is 6.10 Å². The van der Waals surface area contributed by atoms with Crippen molar-refractivity contribution in [3.8, 4) is 0 Å². The summed E-state index contributed by atoms with van der Waals surface area (Å²) in [5, 5.41) is 0. The largest absolute Gasteiger partial charge is 0.462 e. The zero-order chi connectivity index (χ0) is 41.7. The summed E-state index contributed by atoms with van der Waals surface area (Å²) in [4.78, 5) is 37.9. The molecular weight excluding hydrogens is 709 g/mol. The first-order valence-corrected chi connectivity index (χ1v) is 25.4. The van der Waals surface area contributed by atoms with E-state index >= 15 is 0 Å². The lowest BCUT2D eigenvalue weighted by molar-refractivity contribution is -0.167. The lowest BCUT2D eigenvalue weighted by Gasteiger charge is -2.18. The predicted molar refractivity (Wildman–Crippen MR) is 243 cm³/mol. The van der Waals surface area contributed by atoms with Crippen LogP contribution in [0, 0.1) is 5.92 Å². The van der Waals surface area contributed by atoms with Crippen molar-refractivity contribution >= 4 is 17.9 Å². The fourth-order valence-corrected chi connectivity index (χ4v) is 7.66. The minimum absolute atomic E-state index is 0.0631. The van der Waals surface area contributed by atoms with Gasteiger partial charge in [0.15, 0.2) is 6.10 Å². The molecule has 0 heterocycles. The van der Waals surface area contributed by atoms with Gasteiger partial charge in [-0.15, -0.1) is 0 Å². The highest BCUT2D eigenvalue weighted by atomic mass is 16.6. The van der Waals surface area contributed by atoms with Crippen LogP contribution in [0.5, 0.6) is 0 Å². The molecule has 6 nitrogen and oxygen atoms in total. The fraction of sp³-hybridized carbons (Fsp3) is 0.941. The normalized spacial score (nSPS) is 12.4. The van der Waals surface area contributed by atoms with Crippen molar-refractivity contribution in [2.24, 2.45) is 5.92 Å². The molecule has 1 unspecified atom stereocenters. The summed E-state index contributed by atoms with van der Waals surface area (Å²) in [7, 11) is 0. The van der Waals surface area contributed by atoms with Crippen LogP contribution in [-0.4, -0.2) is 37.2 Å².